The maximum Gasteiger partial charge on any atom is 0.287 e. The van der Waals surface area contributed by atoms with E-state index in [1.165, 1.54) is 5.17 Å². The molecule has 5 heteroatoms. The lowest BCUT2D eigenvalue weighted by atomic mass is 9.69. The minimum atomic E-state index is -0.924. The predicted molar refractivity (Wildman–Crippen MR) is 130 cm³/mol. The van der Waals surface area contributed by atoms with E-state index in [1.807, 2.05) is 65.7 Å². The molecule has 3 aromatic carbocycles. The van der Waals surface area contributed by atoms with Crippen molar-refractivity contribution in [3.63, 3.8) is 0 Å². The number of phenolic OH excluding ortho intramolecular Hbond substituents is 1. The van der Waals surface area contributed by atoms with Gasteiger partial charge in [0.2, 0.25) is 0 Å². The van der Waals surface area contributed by atoms with Crippen LogP contribution in [0.4, 0.5) is 0 Å². The number of benzene rings is 3. The van der Waals surface area contributed by atoms with Gasteiger partial charge in [-0.3, -0.25) is 4.79 Å². The van der Waals surface area contributed by atoms with Gasteiger partial charge in [0.25, 0.3) is 5.91 Å². The summed E-state index contributed by atoms with van der Waals surface area (Å²) < 4.78 is 0. The van der Waals surface area contributed by atoms with Crippen LogP contribution in [0.3, 0.4) is 0 Å². The SMILES string of the molecule is CC(C)CCC(C(=O)N(Oc1ccccc1O)N1CCC1)(c1ccccc1)c1ccccc1. The Morgan fingerprint density at radius 3 is 1.97 bits per heavy atom. The van der Waals surface area contributed by atoms with Crippen LogP contribution in [0.2, 0.25) is 0 Å². The Morgan fingerprint density at radius 2 is 1.48 bits per heavy atom. The van der Waals surface area contributed by atoms with E-state index in [2.05, 4.69) is 13.8 Å². The maximum atomic E-state index is 14.6. The summed E-state index contributed by atoms with van der Waals surface area (Å²) in [6.45, 7) is 5.81. The highest BCUT2D eigenvalue weighted by molar-refractivity contribution is 5.91. The molecule has 5 nitrogen and oxygen atoms in total. The topological polar surface area (TPSA) is 53.0 Å². The van der Waals surface area contributed by atoms with Gasteiger partial charge in [0.05, 0.1) is 0 Å². The first-order chi connectivity index (χ1) is 16.0. The fourth-order valence-corrected chi connectivity index (χ4v) is 4.26. The number of carbonyl (C=O) groups is 1. The number of hydrogen-bond acceptors (Lipinski definition) is 4. The molecular formula is C28H32N2O3. The number of aromatic hydroxyl groups is 1. The van der Waals surface area contributed by atoms with Crippen LogP contribution in [0.15, 0.2) is 84.9 Å². The lowest BCUT2D eigenvalue weighted by Gasteiger charge is -2.44. The van der Waals surface area contributed by atoms with Crippen molar-refractivity contribution in [1.82, 2.24) is 10.2 Å². The highest BCUT2D eigenvalue weighted by Crippen LogP contribution is 2.41. The Hall–Kier alpha value is -3.31. The molecule has 172 valence electrons. The highest BCUT2D eigenvalue weighted by Gasteiger charge is 2.47. The van der Waals surface area contributed by atoms with Crippen molar-refractivity contribution in [3.05, 3.63) is 96.1 Å². The monoisotopic (exact) mass is 444 g/mol. The molecule has 0 radical (unpaired) electrons. The number of amides is 1. The summed E-state index contributed by atoms with van der Waals surface area (Å²) in [5.74, 6) is 0.546. The van der Waals surface area contributed by atoms with Crippen LogP contribution < -0.4 is 4.84 Å². The van der Waals surface area contributed by atoms with Gasteiger partial charge in [-0.1, -0.05) is 91.8 Å². The number of hydroxylamine groups is 1. The van der Waals surface area contributed by atoms with Gasteiger partial charge in [-0.05, 0) is 48.4 Å². The summed E-state index contributed by atoms with van der Waals surface area (Å²) in [6.07, 6.45) is 2.51. The van der Waals surface area contributed by atoms with Gasteiger partial charge in [-0.15, -0.1) is 0 Å². The van der Waals surface area contributed by atoms with Gasteiger partial charge in [0.15, 0.2) is 11.5 Å². The molecule has 0 aromatic heterocycles. The lowest BCUT2D eigenvalue weighted by molar-refractivity contribution is -0.242. The van der Waals surface area contributed by atoms with Gasteiger partial charge in [0, 0.05) is 13.1 Å². The molecule has 1 heterocycles. The molecule has 0 unspecified atom stereocenters. The third-order valence-corrected chi connectivity index (χ3v) is 6.31. The van der Waals surface area contributed by atoms with Crippen LogP contribution in [-0.2, 0) is 10.2 Å². The molecule has 1 saturated heterocycles. The highest BCUT2D eigenvalue weighted by atomic mass is 16.7. The first kappa shape index (κ1) is 22.9. The second-order valence-electron chi connectivity index (χ2n) is 9.01. The summed E-state index contributed by atoms with van der Waals surface area (Å²) in [5.41, 5.74) is 0.953. The van der Waals surface area contributed by atoms with E-state index in [0.29, 0.717) is 12.3 Å². The molecule has 0 aliphatic carbocycles. The van der Waals surface area contributed by atoms with Gasteiger partial charge >= 0.3 is 0 Å². The number of hydrazine groups is 1. The number of hydrogen-bond donors (Lipinski definition) is 1. The fraction of sp³-hybridized carbons (Fsp3) is 0.321. The molecule has 0 saturated carbocycles. The number of carbonyl (C=O) groups excluding carboxylic acids is 1. The van der Waals surface area contributed by atoms with E-state index in [1.54, 1.807) is 24.3 Å². The summed E-state index contributed by atoms with van der Waals surface area (Å²) in [7, 11) is 0. The first-order valence-electron chi connectivity index (χ1n) is 11.7. The molecule has 3 aromatic rings. The van der Waals surface area contributed by atoms with Crippen molar-refractivity contribution in [1.29, 1.82) is 0 Å². The Morgan fingerprint density at radius 1 is 0.939 bits per heavy atom. The van der Waals surface area contributed by atoms with Crippen molar-refractivity contribution < 1.29 is 14.7 Å². The minimum absolute atomic E-state index is 0.00280. The number of nitrogens with zero attached hydrogens (tertiary/aromatic N) is 2. The molecule has 0 bridgehead atoms. The molecule has 1 aliphatic rings. The maximum absolute atomic E-state index is 14.6. The van der Waals surface area contributed by atoms with Crippen LogP contribution in [0.1, 0.15) is 44.2 Å². The zero-order valence-corrected chi connectivity index (χ0v) is 19.4. The van der Waals surface area contributed by atoms with Crippen LogP contribution >= 0.6 is 0 Å². The largest absolute Gasteiger partial charge is 0.504 e. The second-order valence-corrected chi connectivity index (χ2v) is 9.01. The van der Waals surface area contributed by atoms with E-state index in [9.17, 15) is 9.90 Å². The van der Waals surface area contributed by atoms with Gasteiger partial charge < -0.3 is 9.94 Å². The molecule has 0 spiro atoms. The lowest BCUT2D eigenvalue weighted by Crippen LogP contribution is -2.60. The molecule has 33 heavy (non-hydrogen) atoms. The molecule has 1 aliphatic heterocycles. The van der Waals surface area contributed by atoms with Crippen molar-refractivity contribution in [3.8, 4) is 11.5 Å². The average Bonchev–Trinajstić information content (AvgIpc) is 2.80. The Bertz CT molecular complexity index is 1010. The molecule has 4 rings (SSSR count). The van der Waals surface area contributed by atoms with Crippen LogP contribution in [0, 0.1) is 5.92 Å². The van der Waals surface area contributed by atoms with Crippen molar-refractivity contribution in [2.75, 3.05) is 13.1 Å². The van der Waals surface area contributed by atoms with Crippen LogP contribution in [-0.4, -0.2) is 34.3 Å². The quantitative estimate of drug-likeness (QED) is 0.439. The van der Waals surface area contributed by atoms with E-state index in [0.717, 1.165) is 37.1 Å². The number of phenols is 1. The smallest absolute Gasteiger partial charge is 0.287 e. The van der Waals surface area contributed by atoms with Crippen molar-refractivity contribution >= 4 is 5.91 Å². The second kappa shape index (κ2) is 10.1. The van der Waals surface area contributed by atoms with E-state index in [4.69, 9.17) is 4.84 Å². The minimum Gasteiger partial charge on any atom is -0.504 e. The molecule has 1 amide bonds. The average molecular weight is 445 g/mol. The molecule has 1 fully saturated rings. The van der Waals surface area contributed by atoms with Crippen LogP contribution in [0.25, 0.3) is 0 Å². The third-order valence-electron chi connectivity index (χ3n) is 6.31. The standard InChI is InChI=1S/C28H32N2O3/c1-22(2)18-19-28(23-12-5-3-6-13-23,24-14-7-4-8-15-24)27(32)30(29-20-11-21-29)33-26-17-10-9-16-25(26)31/h3-10,12-17,22,31H,11,18-21H2,1-2H3. The van der Waals surface area contributed by atoms with Gasteiger partial charge in [-0.25, -0.2) is 0 Å². The number of rotatable bonds is 9. The van der Waals surface area contributed by atoms with Crippen LogP contribution in [0.5, 0.6) is 11.5 Å². The Labute approximate surface area is 196 Å². The van der Waals surface area contributed by atoms with E-state index in [-0.39, 0.29) is 17.4 Å². The summed E-state index contributed by atoms with van der Waals surface area (Å²) in [4.78, 5) is 20.7. The fourth-order valence-electron chi connectivity index (χ4n) is 4.26. The van der Waals surface area contributed by atoms with Crippen molar-refractivity contribution in [2.45, 2.75) is 38.5 Å². The molecular weight excluding hydrogens is 412 g/mol. The first-order valence-corrected chi connectivity index (χ1v) is 11.7. The normalized spacial score (nSPS) is 14.0. The van der Waals surface area contributed by atoms with Gasteiger partial charge in [-0.2, -0.15) is 5.01 Å². The molecule has 0 atom stereocenters. The Kier molecular flexibility index (Phi) is 6.99. The van der Waals surface area contributed by atoms with Gasteiger partial charge in [0.1, 0.15) is 5.41 Å². The Balaban J connectivity index is 1.85. The summed E-state index contributed by atoms with van der Waals surface area (Å²) in [5, 5.41) is 13.6. The predicted octanol–water partition coefficient (Wildman–Crippen LogP) is 5.56. The zero-order chi connectivity index (χ0) is 23.3. The third kappa shape index (κ3) is 4.74. The number of para-hydroxylation sites is 2. The molecule has 1 N–H and O–H groups in total. The van der Waals surface area contributed by atoms with Crippen molar-refractivity contribution in [2.24, 2.45) is 5.92 Å². The van der Waals surface area contributed by atoms with E-state index < -0.39 is 5.41 Å². The summed E-state index contributed by atoms with van der Waals surface area (Å²) in [6, 6.07) is 26.7. The summed E-state index contributed by atoms with van der Waals surface area (Å²) >= 11 is 0. The van der Waals surface area contributed by atoms with E-state index >= 15 is 0 Å². The zero-order valence-electron chi connectivity index (χ0n) is 19.4.